The summed E-state index contributed by atoms with van der Waals surface area (Å²) in [4.78, 5) is 16.1. The Bertz CT molecular complexity index is 364. The van der Waals surface area contributed by atoms with Crippen molar-refractivity contribution in [1.29, 1.82) is 0 Å². The third-order valence-corrected chi connectivity index (χ3v) is 2.22. The van der Waals surface area contributed by atoms with E-state index in [1.165, 1.54) is 6.20 Å². The fourth-order valence-electron chi connectivity index (χ4n) is 1.51. The van der Waals surface area contributed by atoms with Gasteiger partial charge >= 0.3 is 0 Å². The molecule has 0 aromatic carbocycles. The van der Waals surface area contributed by atoms with Gasteiger partial charge in [0.25, 0.3) is 5.69 Å². The number of aromatic nitrogens is 1. The Labute approximate surface area is 75.2 Å². The Morgan fingerprint density at radius 3 is 3.15 bits per heavy atom. The van der Waals surface area contributed by atoms with Gasteiger partial charge in [-0.15, -0.1) is 0 Å². The standard InChI is InChI=1S/C8H9N3O2/c1-10-3-2-6-4-7(11(12)13)5-9-8(6)10/h4-5H,2-3H2,1H3. The van der Waals surface area contributed by atoms with Crippen LogP contribution in [0.5, 0.6) is 0 Å². The summed E-state index contributed by atoms with van der Waals surface area (Å²) in [5.41, 5.74) is 1.05. The minimum absolute atomic E-state index is 0.0778. The summed E-state index contributed by atoms with van der Waals surface area (Å²) in [6.07, 6.45) is 2.15. The van der Waals surface area contributed by atoms with Crippen LogP contribution in [0.25, 0.3) is 0 Å². The zero-order valence-corrected chi connectivity index (χ0v) is 7.23. The third kappa shape index (κ3) is 1.22. The first-order valence-electron chi connectivity index (χ1n) is 4.03. The summed E-state index contributed by atoms with van der Waals surface area (Å²) in [7, 11) is 1.94. The van der Waals surface area contributed by atoms with E-state index >= 15 is 0 Å². The molecule has 0 amide bonds. The summed E-state index contributed by atoms with van der Waals surface area (Å²) in [6.45, 7) is 0.892. The Kier molecular flexibility index (Phi) is 1.65. The van der Waals surface area contributed by atoms with Gasteiger partial charge in [0.1, 0.15) is 12.0 Å². The fraction of sp³-hybridized carbons (Fsp3) is 0.375. The maximum absolute atomic E-state index is 10.4. The Morgan fingerprint density at radius 1 is 1.69 bits per heavy atom. The number of nitrogens with zero attached hydrogens (tertiary/aromatic N) is 3. The van der Waals surface area contributed by atoms with Crippen molar-refractivity contribution < 1.29 is 4.92 Å². The second-order valence-electron chi connectivity index (χ2n) is 3.10. The van der Waals surface area contributed by atoms with E-state index in [0.717, 1.165) is 24.3 Å². The maximum atomic E-state index is 10.4. The number of hydrogen-bond donors (Lipinski definition) is 0. The highest BCUT2D eigenvalue weighted by molar-refractivity contribution is 5.54. The predicted octanol–water partition coefficient (Wildman–Crippen LogP) is 0.982. The van der Waals surface area contributed by atoms with E-state index in [-0.39, 0.29) is 5.69 Å². The van der Waals surface area contributed by atoms with Gasteiger partial charge in [-0.3, -0.25) is 10.1 Å². The van der Waals surface area contributed by atoms with Gasteiger partial charge in [0, 0.05) is 25.2 Å². The molecule has 0 atom stereocenters. The first-order chi connectivity index (χ1) is 6.18. The molecule has 68 valence electrons. The number of nitro groups is 1. The van der Waals surface area contributed by atoms with Crippen LogP contribution in [0.3, 0.4) is 0 Å². The molecular formula is C8H9N3O2. The van der Waals surface area contributed by atoms with Gasteiger partial charge in [0.2, 0.25) is 0 Å². The minimum Gasteiger partial charge on any atom is -0.359 e. The van der Waals surface area contributed by atoms with E-state index in [1.807, 2.05) is 11.9 Å². The molecule has 1 aromatic heterocycles. The van der Waals surface area contributed by atoms with Crippen LogP contribution in [0.1, 0.15) is 5.56 Å². The molecule has 5 nitrogen and oxygen atoms in total. The lowest BCUT2D eigenvalue weighted by Gasteiger charge is -2.08. The zero-order chi connectivity index (χ0) is 9.42. The molecule has 0 aliphatic carbocycles. The van der Waals surface area contributed by atoms with Gasteiger partial charge < -0.3 is 4.90 Å². The number of pyridine rings is 1. The van der Waals surface area contributed by atoms with Crippen molar-refractivity contribution >= 4 is 11.5 Å². The largest absolute Gasteiger partial charge is 0.359 e. The van der Waals surface area contributed by atoms with Crippen LogP contribution in [-0.4, -0.2) is 23.5 Å². The summed E-state index contributed by atoms with van der Waals surface area (Å²) < 4.78 is 0. The molecule has 0 bridgehead atoms. The van der Waals surface area contributed by atoms with Gasteiger partial charge in [0.15, 0.2) is 0 Å². The third-order valence-electron chi connectivity index (χ3n) is 2.22. The van der Waals surface area contributed by atoms with E-state index in [4.69, 9.17) is 0 Å². The van der Waals surface area contributed by atoms with Crippen LogP contribution < -0.4 is 4.90 Å². The summed E-state index contributed by atoms with van der Waals surface area (Å²) in [6, 6.07) is 1.60. The average molecular weight is 179 g/mol. The summed E-state index contributed by atoms with van der Waals surface area (Å²) >= 11 is 0. The Hall–Kier alpha value is -1.65. The molecule has 0 fully saturated rings. The molecule has 13 heavy (non-hydrogen) atoms. The number of fused-ring (bicyclic) bond motifs is 1. The van der Waals surface area contributed by atoms with Crippen molar-refractivity contribution in [1.82, 2.24) is 4.98 Å². The van der Waals surface area contributed by atoms with E-state index in [0.29, 0.717) is 0 Å². The molecule has 0 radical (unpaired) electrons. The molecule has 2 rings (SSSR count). The van der Waals surface area contributed by atoms with E-state index in [9.17, 15) is 10.1 Å². The number of likely N-dealkylation sites (N-methyl/N-ethyl adjacent to an activating group) is 1. The molecule has 2 heterocycles. The lowest BCUT2D eigenvalue weighted by molar-refractivity contribution is -0.385. The number of hydrogen-bond acceptors (Lipinski definition) is 4. The van der Waals surface area contributed by atoms with Crippen LogP contribution in [0.4, 0.5) is 11.5 Å². The highest BCUT2D eigenvalue weighted by Crippen LogP contribution is 2.26. The second kappa shape index (κ2) is 2.69. The van der Waals surface area contributed by atoms with Crippen molar-refractivity contribution in [3.63, 3.8) is 0 Å². The molecule has 1 aliphatic heterocycles. The second-order valence-corrected chi connectivity index (χ2v) is 3.10. The molecule has 0 saturated heterocycles. The molecule has 0 spiro atoms. The van der Waals surface area contributed by atoms with E-state index in [1.54, 1.807) is 6.07 Å². The van der Waals surface area contributed by atoms with Crippen molar-refractivity contribution in [2.75, 3.05) is 18.5 Å². The molecule has 0 N–H and O–H groups in total. The lowest BCUT2D eigenvalue weighted by atomic mass is 10.2. The van der Waals surface area contributed by atoms with Gasteiger partial charge in [-0.25, -0.2) is 4.98 Å². The van der Waals surface area contributed by atoms with Gasteiger partial charge in [-0.2, -0.15) is 0 Å². The fourth-order valence-corrected chi connectivity index (χ4v) is 1.51. The molecule has 0 saturated carbocycles. The van der Waals surface area contributed by atoms with Crippen LogP contribution in [-0.2, 0) is 6.42 Å². The first kappa shape index (κ1) is 7.97. The van der Waals surface area contributed by atoms with Crippen molar-refractivity contribution in [2.45, 2.75) is 6.42 Å². The summed E-state index contributed by atoms with van der Waals surface area (Å²) in [5, 5.41) is 10.4. The zero-order valence-electron chi connectivity index (χ0n) is 7.23. The molecule has 0 unspecified atom stereocenters. The molecular weight excluding hydrogens is 170 g/mol. The first-order valence-corrected chi connectivity index (χ1v) is 4.03. The maximum Gasteiger partial charge on any atom is 0.288 e. The van der Waals surface area contributed by atoms with E-state index in [2.05, 4.69) is 4.98 Å². The topological polar surface area (TPSA) is 59.3 Å². The van der Waals surface area contributed by atoms with Crippen LogP contribution in [0.2, 0.25) is 0 Å². The number of anilines is 1. The van der Waals surface area contributed by atoms with Crippen LogP contribution >= 0.6 is 0 Å². The lowest BCUT2D eigenvalue weighted by Crippen LogP contribution is -2.13. The molecule has 5 heteroatoms. The van der Waals surface area contributed by atoms with Gasteiger partial charge in [0.05, 0.1) is 4.92 Å². The van der Waals surface area contributed by atoms with Gasteiger partial charge in [-0.1, -0.05) is 0 Å². The monoisotopic (exact) mass is 179 g/mol. The average Bonchev–Trinajstić information content (AvgIpc) is 2.47. The quantitative estimate of drug-likeness (QED) is 0.476. The predicted molar refractivity (Wildman–Crippen MR) is 47.9 cm³/mol. The molecule has 1 aromatic rings. The highest BCUT2D eigenvalue weighted by Gasteiger charge is 2.19. The molecule has 1 aliphatic rings. The Morgan fingerprint density at radius 2 is 2.46 bits per heavy atom. The van der Waals surface area contributed by atoms with E-state index < -0.39 is 4.92 Å². The SMILES string of the molecule is CN1CCc2cc([N+](=O)[O-])cnc21. The van der Waals surface area contributed by atoms with Crippen LogP contribution in [0, 0.1) is 10.1 Å². The Balaban J connectivity index is 2.45. The van der Waals surface area contributed by atoms with Gasteiger partial charge in [-0.05, 0) is 6.42 Å². The van der Waals surface area contributed by atoms with Crippen molar-refractivity contribution in [3.05, 3.63) is 27.9 Å². The minimum atomic E-state index is -0.411. The number of rotatable bonds is 1. The van der Waals surface area contributed by atoms with Crippen molar-refractivity contribution in [2.24, 2.45) is 0 Å². The van der Waals surface area contributed by atoms with Crippen molar-refractivity contribution in [3.8, 4) is 0 Å². The smallest absolute Gasteiger partial charge is 0.288 e. The van der Waals surface area contributed by atoms with Crippen LogP contribution in [0.15, 0.2) is 12.3 Å². The normalized spacial score (nSPS) is 14.4. The summed E-state index contributed by atoms with van der Waals surface area (Å²) in [5.74, 6) is 0.866. The highest BCUT2D eigenvalue weighted by atomic mass is 16.6.